The number of hydrogen-bond donors (Lipinski definition) is 1. The van der Waals surface area contributed by atoms with E-state index in [0.717, 1.165) is 5.56 Å². The molecule has 78 valence electrons. The lowest BCUT2D eigenvalue weighted by Gasteiger charge is -2.08. The fourth-order valence-electron chi connectivity index (χ4n) is 1.37. The Labute approximate surface area is 91.0 Å². The molecule has 2 heteroatoms. The summed E-state index contributed by atoms with van der Waals surface area (Å²) >= 11 is 0. The van der Waals surface area contributed by atoms with Gasteiger partial charge in [-0.25, -0.2) is 0 Å². The highest BCUT2D eigenvalue weighted by atomic mass is 14.5. The summed E-state index contributed by atoms with van der Waals surface area (Å²) < 4.78 is 0. The number of nitrogens with zero attached hydrogens (tertiary/aromatic N) is 1. The quantitative estimate of drug-likeness (QED) is 0.815. The first-order valence-corrected chi connectivity index (χ1v) is 5.08. The zero-order valence-corrected chi connectivity index (χ0v) is 9.20. The van der Waals surface area contributed by atoms with Gasteiger partial charge in [0.2, 0.25) is 0 Å². The van der Waals surface area contributed by atoms with Gasteiger partial charge in [-0.1, -0.05) is 37.6 Å². The fraction of sp³-hybridized carbons (Fsp3) is 0.308. The third kappa shape index (κ3) is 3.23. The molecule has 0 fully saturated rings. The first-order valence-electron chi connectivity index (χ1n) is 5.08. The lowest BCUT2D eigenvalue weighted by molar-refractivity contribution is 0.752. The molecule has 0 aliphatic rings. The Morgan fingerprint density at radius 1 is 1.53 bits per heavy atom. The average molecular weight is 200 g/mol. The van der Waals surface area contributed by atoms with Crippen molar-refractivity contribution in [2.24, 2.45) is 11.7 Å². The predicted molar refractivity (Wildman–Crippen MR) is 63.0 cm³/mol. The van der Waals surface area contributed by atoms with Crippen LogP contribution in [0.15, 0.2) is 29.8 Å². The summed E-state index contributed by atoms with van der Waals surface area (Å²) in [6.07, 6.45) is 2.06. The fourth-order valence-corrected chi connectivity index (χ4v) is 1.37. The van der Waals surface area contributed by atoms with Gasteiger partial charge in [-0.15, -0.1) is 0 Å². The number of nitriles is 1. The maximum Gasteiger partial charge on any atom is 0.0991 e. The molecule has 0 saturated carbocycles. The van der Waals surface area contributed by atoms with Gasteiger partial charge < -0.3 is 5.73 Å². The highest BCUT2D eigenvalue weighted by Crippen LogP contribution is 2.14. The Hall–Kier alpha value is -1.59. The van der Waals surface area contributed by atoms with Crippen molar-refractivity contribution in [2.75, 3.05) is 6.54 Å². The standard InChI is InChI=1S/C13H16N2/c1-10(2)13(9-15)7-11-4-3-5-12(6-11)8-14/h3-7,10H,9,15H2,1-2H3. The smallest absolute Gasteiger partial charge is 0.0991 e. The minimum Gasteiger partial charge on any atom is -0.327 e. The third-order valence-electron chi connectivity index (χ3n) is 2.35. The molecule has 0 aliphatic carbocycles. The van der Waals surface area contributed by atoms with Crippen LogP contribution in [0.1, 0.15) is 25.0 Å². The van der Waals surface area contributed by atoms with Gasteiger partial charge in [0, 0.05) is 6.54 Å². The number of benzene rings is 1. The Bertz CT molecular complexity index is 397. The van der Waals surface area contributed by atoms with Crippen LogP contribution in [0, 0.1) is 17.2 Å². The van der Waals surface area contributed by atoms with Crippen molar-refractivity contribution in [1.82, 2.24) is 0 Å². The molecular formula is C13H16N2. The molecule has 0 aliphatic heterocycles. The van der Waals surface area contributed by atoms with Crippen molar-refractivity contribution in [3.63, 3.8) is 0 Å². The molecule has 0 aromatic heterocycles. The summed E-state index contributed by atoms with van der Waals surface area (Å²) in [5, 5.41) is 8.77. The van der Waals surface area contributed by atoms with Gasteiger partial charge in [-0.05, 0) is 23.6 Å². The highest BCUT2D eigenvalue weighted by molar-refractivity contribution is 5.55. The molecule has 1 aromatic carbocycles. The van der Waals surface area contributed by atoms with E-state index in [2.05, 4.69) is 26.0 Å². The molecule has 0 bridgehead atoms. The summed E-state index contributed by atoms with van der Waals surface area (Å²) in [4.78, 5) is 0. The van der Waals surface area contributed by atoms with E-state index in [1.54, 1.807) is 6.07 Å². The van der Waals surface area contributed by atoms with E-state index in [1.807, 2.05) is 18.2 Å². The van der Waals surface area contributed by atoms with E-state index < -0.39 is 0 Å². The summed E-state index contributed by atoms with van der Waals surface area (Å²) in [7, 11) is 0. The third-order valence-corrected chi connectivity index (χ3v) is 2.35. The molecule has 0 spiro atoms. The first kappa shape index (κ1) is 11.5. The van der Waals surface area contributed by atoms with E-state index in [0.29, 0.717) is 18.0 Å². The van der Waals surface area contributed by atoms with Crippen LogP contribution >= 0.6 is 0 Å². The highest BCUT2D eigenvalue weighted by Gasteiger charge is 2.01. The number of nitrogens with two attached hydrogens (primary N) is 1. The molecule has 15 heavy (non-hydrogen) atoms. The van der Waals surface area contributed by atoms with Crippen LogP contribution < -0.4 is 5.73 Å². The van der Waals surface area contributed by atoms with Crippen molar-refractivity contribution in [3.05, 3.63) is 41.0 Å². The normalized spacial score (nSPS) is 11.5. The van der Waals surface area contributed by atoms with Gasteiger partial charge in [0.15, 0.2) is 0 Å². The molecule has 2 nitrogen and oxygen atoms in total. The van der Waals surface area contributed by atoms with Crippen LogP contribution in [0.25, 0.3) is 6.08 Å². The van der Waals surface area contributed by atoms with Crippen LogP contribution in [0.4, 0.5) is 0 Å². The summed E-state index contributed by atoms with van der Waals surface area (Å²) in [6.45, 7) is 4.80. The van der Waals surface area contributed by atoms with Gasteiger partial charge in [0.05, 0.1) is 11.6 Å². The largest absolute Gasteiger partial charge is 0.327 e. The minimum atomic E-state index is 0.445. The second-order valence-corrected chi connectivity index (χ2v) is 3.82. The summed E-state index contributed by atoms with van der Waals surface area (Å²) in [5.74, 6) is 0.445. The topological polar surface area (TPSA) is 49.8 Å². The Morgan fingerprint density at radius 3 is 2.80 bits per heavy atom. The zero-order chi connectivity index (χ0) is 11.3. The maximum absolute atomic E-state index is 8.77. The Kier molecular flexibility index (Phi) is 4.08. The minimum absolute atomic E-state index is 0.445. The molecule has 0 radical (unpaired) electrons. The van der Waals surface area contributed by atoms with Gasteiger partial charge in [0.25, 0.3) is 0 Å². The van der Waals surface area contributed by atoms with Gasteiger partial charge in [-0.3, -0.25) is 0 Å². The van der Waals surface area contributed by atoms with Gasteiger partial charge >= 0.3 is 0 Å². The lowest BCUT2D eigenvalue weighted by atomic mass is 10.00. The van der Waals surface area contributed by atoms with Crippen molar-refractivity contribution in [2.45, 2.75) is 13.8 Å². The second-order valence-electron chi connectivity index (χ2n) is 3.82. The molecular weight excluding hydrogens is 184 g/mol. The molecule has 0 amide bonds. The van der Waals surface area contributed by atoms with Gasteiger partial charge in [0.1, 0.15) is 0 Å². The van der Waals surface area contributed by atoms with Gasteiger partial charge in [-0.2, -0.15) is 5.26 Å². The molecule has 1 aromatic rings. The van der Waals surface area contributed by atoms with Crippen molar-refractivity contribution >= 4 is 6.08 Å². The summed E-state index contributed by atoms with van der Waals surface area (Å²) in [6, 6.07) is 9.67. The summed E-state index contributed by atoms with van der Waals surface area (Å²) in [5.41, 5.74) is 8.59. The first-order chi connectivity index (χ1) is 7.17. The SMILES string of the molecule is CC(C)C(=Cc1cccc(C#N)c1)CN. The van der Waals surface area contributed by atoms with E-state index in [-0.39, 0.29) is 0 Å². The number of hydrogen-bond acceptors (Lipinski definition) is 2. The predicted octanol–water partition coefficient (Wildman–Crippen LogP) is 2.56. The zero-order valence-electron chi connectivity index (χ0n) is 9.20. The van der Waals surface area contributed by atoms with E-state index in [4.69, 9.17) is 11.0 Å². The number of rotatable bonds is 3. The van der Waals surface area contributed by atoms with Crippen molar-refractivity contribution in [1.29, 1.82) is 5.26 Å². The molecule has 2 N–H and O–H groups in total. The average Bonchev–Trinajstić information content (AvgIpc) is 2.25. The van der Waals surface area contributed by atoms with Crippen LogP contribution in [0.3, 0.4) is 0 Å². The Balaban J connectivity index is 3.02. The van der Waals surface area contributed by atoms with Crippen LogP contribution in [-0.2, 0) is 0 Å². The molecule has 0 heterocycles. The molecule has 0 unspecified atom stereocenters. The van der Waals surface area contributed by atoms with E-state index >= 15 is 0 Å². The second kappa shape index (κ2) is 5.33. The van der Waals surface area contributed by atoms with Crippen molar-refractivity contribution < 1.29 is 0 Å². The molecule has 1 rings (SSSR count). The van der Waals surface area contributed by atoms with Crippen molar-refractivity contribution in [3.8, 4) is 6.07 Å². The lowest BCUT2D eigenvalue weighted by Crippen LogP contribution is -2.08. The van der Waals surface area contributed by atoms with E-state index in [9.17, 15) is 0 Å². The molecule has 0 atom stereocenters. The van der Waals surface area contributed by atoms with Crippen LogP contribution in [-0.4, -0.2) is 6.54 Å². The molecule has 0 saturated heterocycles. The monoisotopic (exact) mass is 200 g/mol. The Morgan fingerprint density at radius 2 is 2.27 bits per heavy atom. The van der Waals surface area contributed by atoms with E-state index in [1.165, 1.54) is 5.57 Å². The van der Waals surface area contributed by atoms with Crippen LogP contribution in [0.5, 0.6) is 0 Å². The van der Waals surface area contributed by atoms with Crippen LogP contribution in [0.2, 0.25) is 0 Å². The maximum atomic E-state index is 8.77.